The number of nitrogens with one attached hydrogen (secondary N) is 1. The summed E-state index contributed by atoms with van der Waals surface area (Å²) in [4.78, 5) is 4.00. The molecule has 0 atom stereocenters. The van der Waals surface area contributed by atoms with E-state index < -0.39 is 0 Å². The van der Waals surface area contributed by atoms with Gasteiger partial charge in [-0.25, -0.2) is 0 Å². The van der Waals surface area contributed by atoms with Crippen LogP contribution in [0.3, 0.4) is 0 Å². The van der Waals surface area contributed by atoms with Crippen LogP contribution in [-0.2, 0) is 0 Å². The third kappa shape index (κ3) is 2.65. The summed E-state index contributed by atoms with van der Waals surface area (Å²) in [6.07, 6.45) is 10.0. The van der Waals surface area contributed by atoms with Gasteiger partial charge in [0.15, 0.2) is 0 Å². The van der Waals surface area contributed by atoms with Gasteiger partial charge in [0.05, 0.1) is 17.6 Å². The van der Waals surface area contributed by atoms with Gasteiger partial charge >= 0.3 is 0 Å². The van der Waals surface area contributed by atoms with Gasteiger partial charge in [-0.05, 0) is 37.7 Å². The maximum absolute atomic E-state index is 5.87. The Hall–Kier alpha value is -1.25. The third-order valence-electron chi connectivity index (χ3n) is 3.64. The van der Waals surface area contributed by atoms with E-state index >= 15 is 0 Å². The Bertz CT molecular complexity index is 330. The highest BCUT2D eigenvalue weighted by Gasteiger charge is 2.19. The van der Waals surface area contributed by atoms with Crippen LogP contribution in [-0.4, -0.2) is 11.0 Å². The number of nitrogen functional groups attached to an aromatic ring is 1. The number of pyridine rings is 1. The summed E-state index contributed by atoms with van der Waals surface area (Å²) < 4.78 is 0. The maximum atomic E-state index is 5.87. The van der Waals surface area contributed by atoms with Crippen molar-refractivity contribution in [1.29, 1.82) is 0 Å². The number of nitrogens with two attached hydrogens (primary N) is 1. The molecule has 0 spiro atoms. The lowest BCUT2D eigenvalue weighted by molar-refractivity contribution is 0.330. The summed E-state index contributed by atoms with van der Waals surface area (Å²) in [6, 6.07) is 2.55. The second kappa shape index (κ2) is 5.19. The highest BCUT2D eigenvalue weighted by atomic mass is 14.9. The van der Waals surface area contributed by atoms with Crippen molar-refractivity contribution >= 4 is 11.4 Å². The Kier molecular flexibility index (Phi) is 3.65. The van der Waals surface area contributed by atoms with E-state index in [0.29, 0.717) is 6.04 Å². The lowest BCUT2D eigenvalue weighted by Crippen LogP contribution is -2.26. The maximum Gasteiger partial charge on any atom is 0.0736 e. The lowest BCUT2D eigenvalue weighted by atomic mass is 9.84. The molecule has 1 aromatic heterocycles. The van der Waals surface area contributed by atoms with E-state index in [9.17, 15) is 0 Å². The van der Waals surface area contributed by atoms with Crippen LogP contribution in [0, 0.1) is 5.92 Å². The molecule has 1 fully saturated rings. The first kappa shape index (κ1) is 11.2. The molecule has 0 unspecified atom stereocenters. The van der Waals surface area contributed by atoms with Gasteiger partial charge in [0.2, 0.25) is 0 Å². The Balaban J connectivity index is 1.89. The van der Waals surface area contributed by atoms with Crippen molar-refractivity contribution in [2.24, 2.45) is 5.92 Å². The largest absolute Gasteiger partial charge is 0.396 e. The Morgan fingerprint density at radius 2 is 2.12 bits per heavy atom. The molecule has 0 aromatic carbocycles. The van der Waals surface area contributed by atoms with E-state index in [1.54, 1.807) is 12.4 Å². The first-order valence-electron chi connectivity index (χ1n) is 6.25. The summed E-state index contributed by atoms with van der Waals surface area (Å²) in [5.74, 6) is 0.938. The fourth-order valence-corrected chi connectivity index (χ4v) is 2.47. The van der Waals surface area contributed by atoms with Crippen molar-refractivity contribution in [2.75, 3.05) is 11.1 Å². The van der Waals surface area contributed by atoms with Gasteiger partial charge < -0.3 is 11.1 Å². The Labute approximate surface area is 97.5 Å². The van der Waals surface area contributed by atoms with Crippen molar-refractivity contribution in [2.45, 2.75) is 45.1 Å². The molecule has 0 saturated heterocycles. The quantitative estimate of drug-likeness (QED) is 0.821. The van der Waals surface area contributed by atoms with Gasteiger partial charge in [-0.15, -0.1) is 0 Å². The summed E-state index contributed by atoms with van der Waals surface area (Å²) in [7, 11) is 0. The Morgan fingerprint density at radius 1 is 1.38 bits per heavy atom. The van der Waals surface area contributed by atoms with E-state index in [0.717, 1.165) is 17.3 Å². The highest BCUT2D eigenvalue weighted by Crippen LogP contribution is 2.29. The molecule has 1 aliphatic carbocycles. The van der Waals surface area contributed by atoms with Gasteiger partial charge in [-0.3, -0.25) is 4.98 Å². The first-order valence-corrected chi connectivity index (χ1v) is 6.25. The summed E-state index contributed by atoms with van der Waals surface area (Å²) in [5.41, 5.74) is 7.65. The van der Waals surface area contributed by atoms with Gasteiger partial charge in [-0.2, -0.15) is 0 Å². The number of rotatable bonds is 3. The molecule has 16 heavy (non-hydrogen) atoms. The van der Waals surface area contributed by atoms with Crippen LogP contribution in [0.25, 0.3) is 0 Å². The average molecular weight is 219 g/mol. The molecule has 1 heterocycles. The van der Waals surface area contributed by atoms with Crippen LogP contribution in [0.4, 0.5) is 11.4 Å². The van der Waals surface area contributed by atoms with E-state index in [2.05, 4.69) is 17.2 Å². The molecule has 0 aliphatic heterocycles. The fraction of sp³-hybridized carbons (Fsp3) is 0.615. The molecular formula is C13H21N3. The summed E-state index contributed by atoms with van der Waals surface area (Å²) in [5, 5.41) is 3.53. The number of anilines is 2. The predicted octanol–water partition coefficient (Wildman–Crippen LogP) is 3.04. The number of hydrogen-bond acceptors (Lipinski definition) is 3. The zero-order valence-electron chi connectivity index (χ0n) is 9.95. The van der Waals surface area contributed by atoms with Crippen LogP contribution in [0.15, 0.2) is 18.5 Å². The Morgan fingerprint density at radius 3 is 2.75 bits per heavy atom. The third-order valence-corrected chi connectivity index (χ3v) is 3.64. The molecule has 0 radical (unpaired) electrons. The van der Waals surface area contributed by atoms with Crippen LogP contribution >= 0.6 is 0 Å². The normalized spacial score (nSPS) is 25.3. The van der Waals surface area contributed by atoms with Gasteiger partial charge in [-0.1, -0.05) is 13.3 Å². The summed E-state index contributed by atoms with van der Waals surface area (Å²) >= 11 is 0. The first-order chi connectivity index (χ1) is 7.79. The van der Waals surface area contributed by atoms with Crippen LogP contribution < -0.4 is 11.1 Å². The van der Waals surface area contributed by atoms with E-state index in [-0.39, 0.29) is 0 Å². The SMILES string of the molecule is CCC1CCC(Nc2ccncc2N)CC1. The van der Waals surface area contributed by atoms with Crippen molar-refractivity contribution in [3.8, 4) is 0 Å². The van der Waals surface area contributed by atoms with E-state index in [4.69, 9.17) is 5.73 Å². The molecular weight excluding hydrogens is 198 g/mol. The average Bonchev–Trinajstić information content (AvgIpc) is 2.33. The molecule has 3 nitrogen and oxygen atoms in total. The van der Waals surface area contributed by atoms with Crippen molar-refractivity contribution < 1.29 is 0 Å². The molecule has 2 rings (SSSR count). The van der Waals surface area contributed by atoms with Crippen LogP contribution in [0.2, 0.25) is 0 Å². The van der Waals surface area contributed by atoms with Gasteiger partial charge in [0.1, 0.15) is 0 Å². The molecule has 1 aliphatic rings. The standard InChI is InChI=1S/C13H21N3/c1-2-10-3-5-11(6-4-10)16-13-7-8-15-9-12(13)14/h7-11H,2-6,14H2,1H3,(H,15,16). The van der Waals surface area contributed by atoms with Gasteiger partial charge in [0, 0.05) is 12.2 Å². The monoisotopic (exact) mass is 219 g/mol. The fourth-order valence-electron chi connectivity index (χ4n) is 2.47. The van der Waals surface area contributed by atoms with E-state index in [1.807, 2.05) is 6.07 Å². The van der Waals surface area contributed by atoms with Crippen molar-refractivity contribution in [3.05, 3.63) is 18.5 Å². The number of hydrogen-bond donors (Lipinski definition) is 2. The highest BCUT2D eigenvalue weighted by molar-refractivity contribution is 5.64. The zero-order chi connectivity index (χ0) is 11.4. The molecule has 88 valence electrons. The van der Waals surface area contributed by atoms with Crippen LogP contribution in [0.5, 0.6) is 0 Å². The second-order valence-electron chi connectivity index (χ2n) is 4.73. The lowest BCUT2D eigenvalue weighted by Gasteiger charge is -2.29. The summed E-state index contributed by atoms with van der Waals surface area (Å²) in [6.45, 7) is 2.29. The second-order valence-corrected chi connectivity index (χ2v) is 4.73. The molecule has 3 heteroatoms. The zero-order valence-corrected chi connectivity index (χ0v) is 9.95. The molecule has 1 saturated carbocycles. The predicted molar refractivity (Wildman–Crippen MR) is 68.3 cm³/mol. The molecule has 0 amide bonds. The number of nitrogens with zero attached hydrogens (tertiary/aromatic N) is 1. The molecule has 0 bridgehead atoms. The van der Waals surface area contributed by atoms with E-state index in [1.165, 1.54) is 32.1 Å². The molecule has 1 aromatic rings. The van der Waals surface area contributed by atoms with Crippen molar-refractivity contribution in [3.63, 3.8) is 0 Å². The van der Waals surface area contributed by atoms with Crippen LogP contribution in [0.1, 0.15) is 39.0 Å². The topological polar surface area (TPSA) is 50.9 Å². The molecule has 3 N–H and O–H groups in total. The minimum atomic E-state index is 0.590. The smallest absolute Gasteiger partial charge is 0.0736 e. The minimum Gasteiger partial charge on any atom is -0.396 e. The minimum absolute atomic E-state index is 0.590. The van der Waals surface area contributed by atoms with Gasteiger partial charge in [0.25, 0.3) is 0 Å². The van der Waals surface area contributed by atoms with Crippen molar-refractivity contribution in [1.82, 2.24) is 4.98 Å². The number of aromatic nitrogens is 1.